The van der Waals surface area contributed by atoms with Gasteiger partial charge < -0.3 is 70.1 Å². The first-order valence-corrected chi connectivity index (χ1v) is 27.1. The minimum Gasteiger partial charge on any atom is -0.481 e. The molecule has 0 aromatic carbocycles. The van der Waals surface area contributed by atoms with E-state index in [1.165, 1.54) is 0 Å². The minimum atomic E-state index is -1.18. The van der Waals surface area contributed by atoms with E-state index in [0.717, 1.165) is 19.3 Å². The predicted molar refractivity (Wildman–Crippen MR) is 312 cm³/mol. The number of carboxylic acids is 7. The van der Waals surface area contributed by atoms with Crippen LogP contribution in [0.3, 0.4) is 0 Å². The number of hydrogen-bond acceptors (Lipinski definition) is 13. The fraction of sp³-hybridized carbons (Fsp3) is 0.759. The molecule has 0 fully saturated rings. The number of carbonyl (C=O) groups is 7. The molecule has 0 aromatic heterocycles. The van der Waals surface area contributed by atoms with Crippen molar-refractivity contribution in [3.63, 3.8) is 0 Å². The van der Waals surface area contributed by atoms with Crippen LogP contribution in [-0.4, -0.2) is 113 Å². The van der Waals surface area contributed by atoms with Crippen LogP contribution in [0.2, 0.25) is 0 Å². The average Bonchev–Trinajstić information content (AvgIpc) is 3.27. The molecule has 0 heterocycles. The van der Waals surface area contributed by atoms with E-state index in [1.54, 1.807) is 13.8 Å². The van der Waals surface area contributed by atoms with Crippen molar-refractivity contribution < 1.29 is 69.3 Å². The predicted octanol–water partition coefficient (Wildman–Crippen LogP) is 7.76. The van der Waals surface area contributed by atoms with Gasteiger partial charge in [-0.25, -0.2) is 0 Å². The molecule has 0 bridgehead atoms. The highest BCUT2D eigenvalue weighted by atomic mass is 16.4. The summed E-state index contributed by atoms with van der Waals surface area (Å²) in [6.07, 6.45) is 8.97. The summed E-state index contributed by atoms with van der Waals surface area (Å²) in [4.78, 5) is 75.0. The summed E-state index contributed by atoms with van der Waals surface area (Å²) in [5.74, 6) is -8.16. The first kappa shape index (κ1) is 84.4. The maximum absolute atomic E-state index is 10.9. The Bertz CT molecular complexity index is 1930. The maximum Gasteiger partial charge on any atom is 0.307 e. The summed E-state index contributed by atoms with van der Waals surface area (Å²) in [6, 6.07) is 0. The van der Waals surface area contributed by atoms with Crippen LogP contribution in [0.1, 0.15) is 192 Å². The van der Waals surface area contributed by atoms with E-state index in [-0.39, 0.29) is 94.7 Å². The largest absolute Gasteiger partial charge is 0.481 e. The van der Waals surface area contributed by atoms with Crippen molar-refractivity contribution in [1.82, 2.24) is 0 Å². The molecule has 0 aliphatic carbocycles. The summed E-state index contributed by atoms with van der Waals surface area (Å²) < 4.78 is 0. The Morgan fingerprint density at radius 1 is 0.438 bits per heavy atom. The summed E-state index contributed by atoms with van der Waals surface area (Å²) in [7, 11) is 0. The first-order valence-electron chi connectivity index (χ1n) is 27.1. The maximum atomic E-state index is 10.9. The van der Waals surface area contributed by atoms with Crippen molar-refractivity contribution >= 4 is 76.8 Å². The molecule has 0 amide bonds. The molecule has 0 aliphatic heterocycles. The third-order valence-corrected chi connectivity index (χ3v) is 13.1. The number of rotatable bonds is 36. The van der Waals surface area contributed by atoms with Gasteiger partial charge in [-0.3, -0.25) is 66.0 Å². The lowest BCUT2D eigenvalue weighted by Gasteiger charge is -2.29. The highest BCUT2D eigenvalue weighted by Gasteiger charge is 2.37. The van der Waals surface area contributed by atoms with E-state index in [9.17, 15) is 33.6 Å². The van der Waals surface area contributed by atoms with Crippen molar-refractivity contribution in [2.24, 2.45) is 105 Å². The van der Waals surface area contributed by atoms with E-state index in [1.807, 2.05) is 69.2 Å². The first-order chi connectivity index (χ1) is 36.5. The van der Waals surface area contributed by atoms with Gasteiger partial charge in [0.15, 0.2) is 0 Å². The van der Waals surface area contributed by atoms with Crippen LogP contribution < -0.4 is 34.4 Å². The number of carboxylic acid groups (broad SMARTS) is 7. The molecule has 80 heavy (non-hydrogen) atoms. The van der Waals surface area contributed by atoms with E-state index >= 15 is 0 Å². The van der Waals surface area contributed by atoms with Crippen LogP contribution in [0.15, 0.2) is 0 Å². The van der Waals surface area contributed by atoms with E-state index < -0.39 is 65.5 Å². The van der Waals surface area contributed by atoms with Crippen molar-refractivity contribution in [1.29, 1.82) is 32.5 Å². The molecule has 0 aliphatic rings. The van der Waals surface area contributed by atoms with Crippen LogP contribution in [0.25, 0.3) is 0 Å². The Morgan fingerprint density at radius 3 is 1.18 bits per heavy atom. The third-order valence-electron chi connectivity index (χ3n) is 13.1. The lowest BCUT2D eigenvalue weighted by atomic mass is 9.74. The van der Waals surface area contributed by atoms with Crippen LogP contribution in [0.4, 0.5) is 0 Å². The fourth-order valence-corrected chi connectivity index (χ4v) is 8.60. The van der Waals surface area contributed by atoms with Gasteiger partial charge in [-0.05, 0) is 86.4 Å². The molecule has 466 valence electrons. The zero-order valence-electron chi connectivity index (χ0n) is 49.8. The van der Waals surface area contributed by atoms with Crippen LogP contribution in [-0.2, 0) is 33.6 Å². The third kappa shape index (κ3) is 48.3. The molecule has 0 radical (unpaired) electrons. The molecule has 26 nitrogen and oxygen atoms in total. The highest BCUT2D eigenvalue weighted by Crippen LogP contribution is 2.33. The molecule has 10 atom stereocenters. The van der Waals surface area contributed by atoms with Gasteiger partial charge >= 0.3 is 41.8 Å². The fourth-order valence-electron chi connectivity index (χ4n) is 8.60. The van der Waals surface area contributed by atoms with Gasteiger partial charge in [0.25, 0.3) is 0 Å². The number of amidine groups is 6. The topological polar surface area (TPSA) is 560 Å². The SMILES string of the molecule is CC(C)(CC(=N)N)C(CC(=O)O)C(=O)O.CC(C)C(C(=O)O)C(C)CC(=N)N.CCC(C(=O)O)C(C)CCC(=N)N.CCC(CC(C)CC(=N)N)C(=O)O.CCC(CCCCC(=N)N)C(=O)O.CCCC(C(=O)O)C(C)CC(=N)N. The van der Waals surface area contributed by atoms with Gasteiger partial charge in [0.1, 0.15) is 0 Å². The molecular weight excluding hydrogens is 1040 g/mol. The zero-order valence-corrected chi connectivity index (χ0v) is 49.8. The quantitative estimate of drug-likeness (QED) is 0.0162. The van der Waals surface area contributed by atoms with Crippen LogP contribution in [0, 0.1) is 103 Å². The summed E-state index contributed by atoms with van der Waals surface area (Å²) in [5, 5.41) is 104. The van der Waals surface area contributed by atoms with Gasteiger partial charge in [-0.15, -0.1) is 0 Å². The standard InChI is InChI=1S/C9H16N2O4.5C9H18N2O2/c1-9(2,4-6(10)11)5(8(14)15)3-7(12)13;1-5(2)8(9(12)13)6(3)4-7(10)11;1-3-7(9(12)13)4-6(2)5-8(10)11;1-3-7(9(12)13)6(2)4-5-8(10)11;1-3-4-7(9(12)13)6(2)5-8(10)11;1-2-7(9(12)13)5-3-4-6-8(10)11/h5H,3-4H2,1-2H3,(H3,10,11)(H,12,13)(H,14,15);5-6,8H,4H2,1-3H3,(H3,10,11)(H,12,13);3*6-7H,3-5H2,1-2H3,(H3,10,11)(H,12,13);7H,2-6H2,1H3,(H3,10,11)(H,12,13). The van der Waals surface area contributed by atoms with Gasteiger partial charge in [0, 0.05) is 38.5 Å². The van der Waals surface area contributed by atoms with Crippen LogP contribution in [0.5, 0.6) is 0 Å². The van der Waals surface area contributed by atoms with Crippen molar-refractivity contribution in [2.75, 3.05) is 0 Å². The second kappa shape index (κ2) is 47.0. The number of hydrogen-bond donors (Lipinski definition) is 19. The molecule has 0 saturated carbocycles. The number of aliphatic carboxylic acids is 7. The Balaban J connectivity index is -0.000000206. The molecular formula is C54H106N12O14. The Hall–Kier alpha value is -6.89. The molecule has 26 heteroatoms. The van der Waals surface area contributed by atoms with Crippen molar-refractivity contribution in [3.05, 3.63) is 0 Å². The monoisotopic (exact) mass is 1150 g/mol. The number of nitrogens with one attached hydrogen (secondary N) is 6. The minimum absolute atomic E-state index is 0.0463. The highest BCUT2D eigenvalue weighted by molar-refractivity contribution is 5.82. The van der Waals surface area contributed by atoms with E-state index in [0.29, 0.717) is 77.0 Å². The van der Waals surface area contributed by atoms with Crippen molar-refractivity contribution in [3.8, 4) is 0 Å². The molecule has 10 unspecified atom stereocenters. The van der Waals surface area contributed by atoms with Gasteiger partial charge in [-0.1, -0.05) is 95.9 Å². The lowest BCUT2D eigenvalue weighted by Crippen LogP contribution is -2.36. The second-order valence-corrected chi connectivity index (χ2v) is 21.6. The second-order valence-electron chi connectivity index (χ2n) is 21.6. The Kier molecular flexibility index (Phi) is 49.6. The number of nitrogens with two attached hydrogens (primary N) is 6. The van der Waals surface area contributed by atoms with Crippen LogP contribution >= 0.6 is 0 Å². The van der Waals surface area contributed by atoms with E-state index in [2.05, 4.69) is 0 Å². The van der Waals surface area contributed by atoms with Gasteiger partial charge in [0.2, 0.25) is 0 Å². The normalized spacial score (nSPS) is 14.3. The molecule has 0 saturated heterocycles. The summed E-state index contributed by atoms with van der Waals surface area (Å²) in [6.45, 7) is 22.0. The van der Waals surface area contributed by atoms with E-state index in [4.69, 9.17) is 103 Å². The average molecular weight is 1150 g/mol. The van der Waals surface area contributed by atoms with Crippen molar-refractivity contribution in [2.45, 2.75) is 192 Å². The summed E-state index contributed by atoms with van der Waals surface area (Å²) in [5.41, 5.74) is 30.4. The number of unbranched alkanes of at least 4 members (excludes halogenated alkanes) is 1. The Morgan fingerprint density at radius 2 is 0.875 bits per heavy atom. The molecule has 25 N–H and O–H groups in total. The molecule has 0 spiro atoms. The van der Waals surface area contributed by atoms with Gasteiger partial charge in [-0.2, -0.15) is 0 Å². The summed E-state index contributed by atoms with van der Waals surface area (Å²) >= 11 is 0. The molecule has 0 rings (SSSR count). The van der Waals surface area contributed by atoms with Gasteiger partial charge in [0.05, 0.1) is 76.9 Å². The zero-order chi connectivity index (χ0) is 64.4. The molecule has 0 aromatic rings. The Labute approximate surface area is 474 Å². The lowest BCUT2D eigenvalue weighted by molar-refractivity contribution is -0.152. The smallest absolute Gasteiger partial charge is 0.307 e.